The van der Waals surface area contributed by atoms with Gasteiger partial charge >= 0.3 is 0 Å². The predicted molar refractivity (Wildman–Crippen MR) is 124 cm³/mol. The van der Waals surface area contributed by atoms with Crippen LogP contribution in [0.3, 0.4) is 0 Å². The average Bonchev–Trinajstić information content (AvgIpc) is 2.69. The van der Waals surface area contributed by atoms with Gasteiger partial charge in [0, 0.05) is 19.5 Å². The Labute approximate surface area is 194 Å². The van der Waals surface area contributed by atoms with E-state index >= 15 is 0 Å². The molecule has 0 fully saturated rings. The van der Waals surface area contributed by atoms with Crippen LogP contribution in [-0.2, 0) is 29.0 Å². The van der Waals surface area contributed by atoms with Gasteiger partial charge in [-0.25, -0.2) is 8.78 Å². The Balaban J connectivity index is 1.70. The highest BCUT2D eigenvalue weighted by molar-refractivity contribution is 5.73. The molecule has 5 nitrogen and oxygen atoms in total. The van der Waals surface area contributed by atoms with Gasteiger partial charge in [0.05, 0.1) is 31.4 Å². The predicted octanol–water partition coefficient (Wildman–Crippen LogP) is 3.82. The van der Waals surface area contributed by atoms with Crippen LogP contribution >= 0.6 is 0 Å². The minimum Gasteiger partial charge on any atom is -0.390 e. The van der Waals surface area contributed by atoms with Crippen molar-refractivity contribution in [2.24, 2.45) is 5.41 Å². The summed E-state index contributed by atoms with van der Waals surface area (Å²) in [6, 6.07) is 8.84. The summed E-state index contributed by atoms with van der Waals surface area (Å²) < 4.78 is 32.9. The zero-order valence-corrected chi connectivity index (χ0v) is 19.8. The minimum atomic E-state index is -0.969. The smallest absolute Gasteiger partial charge is 0.217 e. The van der Waals surface area contributed by atoms with Crippen molar-refractivity contribution < 1.29 is 23.4 Å². The van der Waals surface area contributed by atoms with E-state index < -0.39 is 23.8 Å². The molecule has 0 radical (unpaired) electrons. The van der Waals surface area contributed by atoms with Gasteiger partial charge in [0.2, 0.25) is 5.91 Å². The monoisotopic (exact) mass is 460 g/mol. The van der Waals surface area contributed by atoms with Gasteiger partial charge in [-0.05, 0) is 52.6 Å². The lowest BCUT2D eigenvalue weighted by Gasteiger charge is -2.30. The first-order valence-corrected chi connectivity index (χ1v) is 11.3. The highest BCUT2D eigenvalue weighted by Crippen LogP contribution is 2.29. The van der Waals surface area contributed by atoms with Crippen LogP contribution in [0.1, 0.15) is 56.0 Å². The number of nitrogens with one attached hydrogen (secondary N) is 2. The van der Waals surface area contributed by atoms with Crippen molar-refractivity contribution in [2.75, 3.05) is 13.2 Å². The standard InChI is InChI=1S/C26H34F2N2O3/c1-16(31)30-23(10-18-7-20(27)11-21(28)8-18)25(32)13-29-24-15-33-14-19-6-5-17(9-22(19)24)12-26(2,3)4/h5-9,11,23-25,29,32H,10,12-15H2,1-4H3,(H,30,31). The number of ether oxygens (including phenoxy) is 1. The van der Waals surface area contributed by atoms with E-state index in [-0.39, 0.29) is 30.3 Å². The summed E-state index contributed by atoms with van der Waals surface area (Å²) in [7, 11) is 0. The largest absolute Gasteiger partial charge is 0.390 e. The number of benzene rings is 2. The van der Waals surface area contributed by atoms with E-state index in [9.17, 15) is 18.7 Å². The Morgan fingerprint density at radius 2 is 1.85 bits per heavy atom. The number of halogens is 2. The first-order chi connectivity index (χ1) is 15.5. The summed E-state index contributed by atoms with van der Waals surface area (Å²) in [6.45, 7) is 9.15. The first-order valence-electron chi connectivity index (χ1n) is 11.3. The molecule has 1 amide bonds. The number of hydrogen-bond acceptors (Lipinski definition) is 4. The maximum absolute atomic E-state index is 13.6. The van der Waals surface area contributed by atoms with Crippen molar-refractivity contribution in [1.29, 1.82) is 0 Å². The van der Waals surface area contributed by atoms with Gasteiger partial charge in [-0.1, -0.05) is 39.0 Å². The number of fused-ring (bicyclic) bond motifs is 1. The number of aliphatic hydroxyl groups is 1. The molecule has 2 aromatic carbocycles. The van der Waals surface area contributed by atoms with Crippen molar-refractivity contribution in [1.82, 2.24) is 10.6 Å². The molecule has 0 saturated carbocycles. The molecular formula is C26H34F2N2O3. The summed E-state index contributed by atoms with van der Waals surface area (Å²) in [4.78, 5) is 11.7. The molecule has 0 aromatic heterocycles. The van der Waals surface area contributed by atoms with Crippen LogP contribution in [0.5, 0.6) is 0 Å². The fourth-order valence-corrected chi connectivity index (χ4v) is 4.30. The van der Waals surface area contributed by atoms with Crippen LogP contribution < -0.4 is 10.6 Å². The van der Waals surface area contributed by atoms with E-state index in [2.05, 4.69) is 49.6 Å². The maximum atomic E-state index is 13.6. The molecule has 3 unspecified atom stereocenters. The maximum Gasteiger partial charge on any atom is 0.217 e. The second-order valence-electron chi connectivity index (χ2n) is 10.1. The zero-order valence-electron chi connectivity index (χ0n) is 19.8. The summed E-state index contributed by atoms with van der Waals surface area (Å²) in [5, 5.41) is 16.9. The average molecular weight is 461 g/mol. The van der Waals surface area contributed by atoms with E-state index in [1.165, 1.54) is 24.6 Å². The summed E-state index contributed by atoms with van der Waals surface area (Å²) in [5.74, 6) is -1.71. The molecule has 3 N–H and O–H groups in total. The van der Waals surface area contributed by atoms with Crippen LogP contribution in [-0.4, -0.2) is 36.3 Å². The van der Waals surface area contributed by atoms with Crippen LogP contribution in [0.2, 0.25) is 0 Å². The SMILES string of the molecule is CC(=O)NC(Cc1cc(F)cc(F)c1)C(O)CNC1COCc2ccc(CC(C)(C)C)cc21. The van der Waals surface area contributed by atoms with Crippen LogP contribution in [0.15, 0.2) is 36.4 Å². The van der Waals surface area contributed by atoms with Gasteiger partial charge in [0.25, 0.3) is 0 Å². The fraction of sp³-hybridized carbons (Fsp3) is 0.500. The van der Waals surface area contributed by atoms with E-state index in [4.69, 9.17) is 4.74 Å². The normalized spacial score (nSPS) is 17.8. The number of carbonyl (C=O) groups is 1. The third kappa shape index (κ3) is 7.59. The summed E-state index contributed by atoms with van der Waals surface area (Å²) >= 11 is 0. The molecule has 0 aliphatic carbocycles. The van der Waals surface area contributed by atoms with Crippen LogP contribution in [0, 0.1) is 17.0 Å². The third-order valence-corrected chi connectivity index (χ3v) is 5.67. The number of hydrogen-bond donors (Lipinski definition) is 3. The molecule has 1 aliphatic heterocycles. The van der Waals surface area contributed by atoms with Crippen LogP contribution in [0.25, 0.3) is 0 Å². The second kappa shape index (κ2) is 10.7. The fourth-order valence-electron chi connectivity index (χ4n) is 4.30. The van der Waals surface area contributed by atoms with Gasteiger partial charge in [-0.15, -0.1) is 0 Å². The first kappa shape index (κ1) is 25.3. The molecule has 1 heterocycles. The molecule has 1 aliphatic rings. The van der Waals surface area contributed by atoms with Gasteiger partial charge < -0.3 is 20.5 Å². The molecule has 3 atom stereocenters. The number of carbonyl (C=O) groups excluding carboxylic acids is 1. The Bertz CT molecular complexity index is 954. The number of aliphatic hydroxyl groups excluding tert-OH is 1. The van der Waals surface area contributed by atoms with Crippen molar-refractivity contribution in [2.45, 2.75) is 65.3 Å². The van der Waals surface area contributed by atoms with Crippen molar-refractivity contribution in [3.63, 3.8) is 0 Å². The van der Waals surface area contributed by atoms with Crippen molar-refractivity contribution in [3.05, 3.63) is 70.3 Å². The minimum absolute atomic E-state index is 0.102. The van der Waals surface area contributed by atoms with Gasteiger partial charge in [0.15, 0.2) is 0 Å². The molecule has 33 heavy (non-hydrogen) atoms. The topological polar surface area (TPSA) is 70.6 Å². The van der Waals surface area contributed by atoms with Crippen LogP contribution in [0.4, 0.5) is 8.78 Å². The van der Waals surface area contributed by atoms with Gasteiger partial charge in [0.1, 0.15) is 11.6 Å². The van der Waals surface area contributed by atoms with Crippen molar-refractivity contribution >= 4 is 5.91 Å². The van der Waals surface area contributed by atoms with E-state index in [0.717, 1.165) is 23.6 Å². The highest BCUT2D eigenvalue weighted by atomic mass is 19.1. The Hall–Kier alpha value is -2.35. The second-order valence-corrected chi connectivity index (χ2v) is 10.1. The van der Waals surface area contributed by atoms with Gasteiger partial charge in [-0.3, -0.25) is 4.79 Å². The molecular weight excluding hydrogens is 426 g/mol. The molecule has 180 valence electrons. The number of amides is 1. The molecule has 0 saturated heterocycles. The molecule has 3 rings (SSSR count). The third-order valence-electron chi connectivity index (χ3n) is 5.67. The highest BCUT2D eigenvalue weighted by Gasteiger charge is 2.26. The van der Waals surface area contributed by atoms with E-state index in [0.29, 0.717) is 18.8 Å². The Kier molecular flexibility index (Phi) is 8.21. The summed E-state index contributed by atoms with van der Waals surface area (Å²) in [6.07, 6.45) is 0.0824. The molecule has 0 bridgehead atoms. The zero-order chi connectivity index (χ0) is 24.2. The molecule has 2 aromatic rings. The quantitative estimate of drug-likeness (QED) is 0.560. The number of rotatable bonds is 8. The van der Waals surface area contributed by atoms with E-state index in [1.807, 2.05) is 0 Å². The van der Waals surface area contributed by atoms with Gasteiger partial charge in [-0.2, -0.15) is 0 Å². The lowest BCUT2D eigenvalue weighted by Crippen LogP contribution is -2.49. The Morgan fingerprint density at radius 1 is 1.15 bits per heavy atom. The van der Waals surface area contributed by atoms with Crippen molar-refractivity contribution in [3.8, 4) is 0 Å². The molecule has 0 spiro atoms. The molecule has 7 heteroatoms. The van der Waals surface area contributed by atoms with E-state index in [1.54, 1.807) is 0 Å². The lowest BCUT2D eigenvalue weighted by molar-refractivity contribution is -0.120. The summed E-state index contributed by atoms with van der Waals surface area (Å²) in [5.41, 5.74) is 4.04. The Morgan fingerprint density at radius 3 is 2.48 bits per heavy atom. The lowest BCUT2D eigenvalue weighted by atomic mass is 9.86.